The molecule has 1 amide bonds. The SMILES string of the molecule is CCCN(CCc1ccc(OC)c(OC)c1)C(=O)OC(C)(C)C. The predicted molar refractivity (Wildman–Crippen MR) is 91.3 cm³/mol. The Morgan fingerprint density at radius 1 is 1.09 bits per heavy atom. The maximum atomic E-state index is 12.3. The fourth-order valence-electron chi connectivity index (χ4n) is 2.19. The van der Waals surface area contributed by atoms with Gasteiger partial charge in [0.2, 0.25) is 0 Å². The van der Waals surface area contributed by atoms with E-state index in [0.717, 1.165) is 18.4 Å². The third kappa shape index (κ3) is 6.38. The number of nitrogens with zero attached hydrogens (tertiary/aromatic N) is 1. The molecule has 130 valence electrons. The van der Waals surface area contributed by atoms with Crippen LogP contribution in [0.1, 0.15) is 39.7 Å². The maximum Gasteiger partial charge on any atom is 0.410 e. The number of ether oxygens (including phenoxy) is 3. The summed E-state index contributed by atoms with van der Waals surface area (Å²) in [5.74, 6) is 1.40. The van der Waals surface area contributed by atoms with Crippen LogP contribution in [0, 0.1) is 0 Å². The summed E-state index contributed by atoms with van der Waals surface area (Å²) in [5.41, 5.74) is 0.610. The molecule has 23 heavy (non-hydrogen) atoms. The summed E-state index contributed by atoms with van der Waals surface area (Å²) >= 11 is 0. The van der Waals surface area contributed by atoms with E-state index in [0.29, 0.717) is 24.6 Å². The lowest BCUT2D eigenvalue weighted by molar-refractivity contribution is 0.0252. The van der Waals surface area contributed by atoms with Crippen LogP contribution in [0.25, 0.3) is 0 Å². The van der Waals surface area contributed by atoms with E-state index in [1.807, 2.05) is 45.9 Å². The molecule has 0 fully saturated rings. The summed E-state index contributed by atoms with van der Waals surface area (Å²) in [6, 6.07) is 5.81. The van der Waals surface area contributed by atoms with Crippen molar-refractivity contribution in [1.82, 2.24) is 4.90 Å². The minimum atomic E-state index is -0.480. The number of carbonyl (C=O) groups is 1. The van der Waals surface area contributed by atoms with E-state index in [4.69, 9.17) is 14.2 Å². The van der Waals surface area contributed by atoms with Crippen LogP contribution in [0.15, 0.2) is 18.2 Å². The van der Waals surface area contributed by atoms with Gasteiger partial charge in [-0.3, -0.25) is 0 Å². The topological polar surface area (TPSA) is 48.0 Å². The summed E-state index contributed by atoms with van der Waals surface area (Å²) in [6.45, 7) is 8.98. The standard InChI is InChI=1S/C18H29NO4/c1-7-11-19(17(20)23-18(2,3)4)12-10-14-8-9-15(21-5)16(13-14)22-6/h8-9,13H,7,10-12H2,1-6H3. The molecule has 0 aliphatic carbocycles. The largest absolute Gasteiger partial charge is 0.493 e. The van der Waals surface area contributed by atoms with Crippen molar-refractivity contribution in [2.24, 2.45) is 0 Å². The van der Waals surface area contributed by atoms with Crippen LogP contribution in [0.2, 0.25) is 0 Å². The minimum Gasteiger partial charge on any atom is -0.493 e. The van der Waals surface area contributed by atoms with E-state index in [1.54, 1.807) is 19.1 Å². The first kappa shape index (κ1) is 19.1. The number of methoxy groups -OCH3 is 2. The van der Waals surface area contributed by atoms with E-state index < -0.39 is 5.60 Å². The van der Waals surface area contributed by atoms with Crippen molar-refractivity contribution in [2.45, 2.75) is 46.1 Å². The normalized spacial score (nSPS) is 11.0. The Hall–Kier alpha value is -1.91. The van der Waals surface area contributed by atoms with Gasteiger partial charge in [0.25, 0.3) is 0 Å². The number of rotatable bonds is 7. The molecule has 0 aliphatic rings. The first-order chi connectivity index (χ1) is 10.8. The molecule has 0 saturated heterocycles. The van der Waals surface area contributed by atoms with Crippen molar-refractivity contribution in [1.29, 1.82) is 0 Å². The maximum absolute atomic E-state index is 12.3. The molecule has 0 aromatic heterocycles. The molecule has 0 aliphatic heterocycles. The molecular formula is C18H29NO4. The second-order valence-corrected chi connectivity index (χ2v) is 6.41. The molecular weight excluding hydrogens is 294 g/mol. The average molecular weight is 323 g/mol. The van der Waals surface area contributed by atoms with Gasteiger partial charge in [-0.25, -0.2) is 4.79 Å². The zero-order valence-electron chi connectivity index (χ0n) is 15.1. The zero-order chi connectivity index (χ0) is 17.5. The van der Waals surface area contributed by atoms with Crippen LogP contribution >= 0.6 is 0 Å². The monoisotopic (exact) mass is 323 g/mol. The third-order valence-electron chi connectivity index (χ3n) is 3.26. The fraction of sp³-hybridized carbons (Fsp3) is 0.611. The van der Waals surface area contributed by atoms with Gasteiger partial charge in [0.05, 0.1) is 14.2 Å². The summed E-state index contributed by atoms with van der Waals surface area (Å²) in [6.07, 6.45) is 1.37. The number of hydrogen-bond donors (Lipinski definition) is 0. The minimum absolute atomic E-state index is 0.264. The molecule has 0 bridgehead atoms. The van der Waals surface area contributed by atoms with Crippen molar-refractivity contribution in [3.05, 3.63) is 23.8 Å². The number of carbonyl (C=O) groups excluding carboxylic acids is 1. The summed E-state index contributed by atoms with van der Waals surface area (Å²) < 4.78 is 16.0. The molecule has 0 N–H and O–H groups in total. The zero-order valence-corrected chi connectivity index (χ0v) is 15.1. The lowest BCUT2D eigenvalue weighted by Gasteiger charge is -2.27. The van der Waals surface area contributed by atoms with Crippen LogP contribution in [0.3, 0.4) is 0 Å². The van der Waals surface area contributed by atoms with E-state index in [1.165, 1.54) is 0 Å². The van der Waals surface area contributed by atoms with Gasteiger partial charge < -0.3 is 19.1 Å². The van der Waals surface area contributed by atoms with Crippen molar-refractivity contribution in [2.75, 3.05) is 27.3 Å². The molecule has 0 atom stereocenters. The van der Waals surface area contributed by atoms with Crippen LogP contribution in [-0.2, 0) is 11.2 Å². The second-order valence-electron chi connectivity index (χ2n) is 6.41. The molecule has 0 saturated carbocycles. The first-order valence-corrected chi connectivity index (χ1v) is 7.99. The molecule has 1 aromatic carbocycles. The Balaban J connectivity index is 2.73. The fourth-order valence-corrected chi connectivity index (χ4v) is 2.19. The van der Waals surface area contributed by atoms with Crippen molar-refractivity contribution < 1.29 is 19.0 Å². The van der Waals surface area contributed by atoms with E-state index in [-0.39, 0.29) is 6.09 Å². The highest BCUT2D eigenvalue weighted by Gasteiger charge is 2.21. The van der Waals surface area contributed by atoms with Crippen molar-refractivity contribution in [3.8, 4) is 11.5 Å². The molecule has 5 heteroatoms. The van der Waals surface area contributed by atoms with E-state index in [9.17, 15) is 4.79 Å². The Kier molecular flexibility index (Phi) is 7.20. The smallest absolute Gasteiger partial charge is 0.410 e. The van der Waals surface area contributed by atoms with Crippen molar-refractivity contribution in [3.63, 3.8) is 0 Å². The van der Waals surface area contributed by atoms with Crippen LogP contribution in [-0.4, -0.2) is 43.9 Å². The highest BCUT2D eigenvalue weighted by Crippen LogP contribution is 2.27. The van der Waals surface area contributed by atoms with Crippen LogP contribution in [0.5, 0.6) is 11.5 Å². The van der Waals surface area contributed by atoms with Gasteiger partial charge in [-0.05, 0) is 51.3 Å². The first-order valence-electron chi connectivity index (χ1n) is 7.99. The van der Waals surface area contributed by atoms with Crippen LogP contribution < -0.4 is 9.47 Å². The molecule has 1 rings (SSSR count). The van der Waals surface area contributed by atoms with Crippen molar-refractivity contribution >= 4 is 6.09 Å². The lowest BCUT2D eigenvalue weighted by Crippen LogP contribution is -2.38. The van der Waals surface area contributed by atoms with Gasteiger partial charge in [0.1, 0.15) is 5.60 Å². The van der Waals surface area contributed by atoms with E-state index >= 15 is 0 Å². The Morgan fingerprint density at radius 3 is 2.26 bits per heavy atom. The molecule has 0 unspecified atom stereocenters. The summed E-state index contributed by atoms with van der Waals surface area (Å²) in [5, 5.41) is 0. The summed E-state index contributed by atoms with van der Waals surface area (Å²) in [7, 11) is 3.23. The Morgan fingerprint density at radius 2 is 1.74 bits per heavy atom. The molecule has 5 nitrogen and oxygen atoms in total. The highest BCUT2D eigenvalue weighted by atomic mass is 16.6. The van der Waals surface area contributed by atoms with Gasteiger partial charge in [-0.2, -0.15) is 0 Å². The molecule has 0 radical (unpaired) electrons. The van der Waals surface area contributed by atoms with Gasteiger partial charge in [-0.1, -0.05) is 13.0 Å². The third-order valence-corrected chi connectivity index (χ3v) is 3.26. The predicted octanol–water partition coefficient (Wildman–Crippen LogP) is 3.89. The van der Waals surface area contributed by atoms with Gasteiger partial charge in [-0.15, -0.1) is 0 Å². The molecule has 1 aromatic rings. The number of hydrogen-bond acceptors (Lipinski definition) is 4. The highest BCUT2D eigenvalue weighted by molar-refractivity contribution is 5.68. The quantitative estimate of drug-likeness (QED) is 0.764. The average Bonchev–Trinajstić information content (AvgIpc) is 2.49. The second kappa shape index (κ2) is 8.65. The van der Waals surface area contributed by atoms with Gasteiger partial charge in [0, 0.05) is 13.1 Å². The van der Waals surface area contributed by atoms with Crippen LogP contribution in [0.4, 0.5) is 4.79 Å². The number of amides is 1. The lowest BCUT2D eigenvalue weighted by atomic mass is 10.1. The number of benzene rings is 1. The molecule has 0 spiro atoms. The Bertz CT molecular complexity index is 508. The Labute approximate surface area is 139 Å². The molecule has 0 heterocycles. The van der Waals surface area contributed by atoms with Gasteiger partial charge in [0.15, 0.2) is 11.5 Å². The van der Waals surface area contributed by atoms with Gasteiger partial charge >= 0.3 is 6.09 Å². The van der Waals surface area contributed by atoms with E-state index in [2.05, 4.69) is 0 Å². The summed E-state index contributed by atoms with van der Waals surface area (Å²) in [4.78, 5) is 14.0.